The molecule has 0 unspecified atom stereocenters. The van der Waals surface area contributed by atoms with Gasteiger partial charge in [-0.15, -0.1) is 0 Å². The minimum Gasteiger partial charge on any atom is -0.409 e. The molecule has 0 aromatic heterocycles. The molecule has 0 amide bonds. The Morgan fingerprint density at radius 1 is 1.30 bits per heavy atom. The molecule has 1 rings (SSSR count). The number of nitrogens with two attached hydrogens (primary N) is 1. The van der Waals surface area contributed by atoms with Gasteiger partial charge in [0.2, 0.25) is 0 Å². The molecule has 5 nitrogen and oxygen atoms in total. The van der Waals surface area contributed by atoms with Gasteiger partial charge in [0.25, 0.3) is 0 Å². The van der Waals surface area contributed by atoms with Gasteiger partial charge < -0.3 is 21.2 Å². The molecule has 0 heterocycles. The molecule has 0 saturated carbocycles. The molecular weight excluding hydrogens is 252 g/mol. The molecule has 0 radical (unpaired) electrons. The Kier molecular flexibility index (Phi) is 7.69. The summed E-state index contributed by atoms with van der Waals surface area (Å²) in [7, 11) is 0. The molecule has 112 valence electrons. The number of amidine groups is 1. The third-order valence-corrected chi connectivity index (χ3v) is 3.44. The van der Waals surface area contributed by atoms with Crippen molar-refractivity contribution in [2.24, 2.45) is 10.9 Å². The number of rotatable bonds is 9. The van der Waals surface area contributed by atoms with Gasteiger partial charge in [-0.05, 0) is 38.2 Å². The molecule has 1 aromatic rings. The summed E-state index contributed by atoms with van der Waals surface area (Å²) in [6.45, 7) is 9.37. The normalized spacial score (nSPS) is 12.1. The van der Waals surface area contributed by atoms with E-state index >= 15 is 0 Å². The minimum absolute atomic E-state index is 0.158. The van der Waals surface area contributed by atoms with Crippen molar-refractivity contribution in [2.75, 3.05) is 26.2 Å². The van der Waals surface area contributed by atoms with Crippen molar-refractivity contribution in [2.45, 2.75) is 26.8 Å². The fraction of sp³-hybridized carbons (Fsp3) is 0.533. The Morgan fingerprint density at radius 3 is 2.65 bits per heavy atom. The van der Waals surface area contributed by atoms with Gasteiger partial charge in [-0.1, -0.05) is 43.3 Å². The summed E-state index contributed by atoms with van der Waals surface area (Å²) in [5.41, 5.74) is 7.50. The van der Waals surface area contributed by atoms with Crippen LogP contribution >= 0.6 is 0 Å². The van der Waals surface area contributed by atoms with E-state index in [0.717, 1.165) is 50.3 Å². The van der Waals surface area contributed by atoms with Gasteiger partial charge in [0.15, 0.2) is 5.84 Å². The van der Waals surface area contributed by atoms with Crippen molar-refractivity contribution >= 4 is 5.84 Å². The van der Waals surface area contributed by atoms with E-state index in [9.17, 15) is 0 Å². The fourth-order valence-corrected chi connectivity index (χ4v) is 2.17. The maximum absolute atomic E-state index is 8.77. The van der Waals surface area contributed by atoms with Crippen LogP contribution in [0.25, 0.3) is 0 Å². The highest BCUT2D eigenvalue weighted by atomic mass is 16.4. The van der Waals surface area contributed by atoms with Crippen LogP contribution in [0.2, 0.25) is 0 Å². The van der Waals surface area contributed by atoms with Crippen LogP contribution in [-0.2, 0) is 6.54 Å². The second-order valence-electron chi connectivity index (χ2n) is 4.70. The SMILES string of the molecule is CCN(CC)CCCNCc1ccccc1C(N)=NO. The van der Waals surface area contributed by atoms with E-state index in [1.807, 2.05) is 24.3 Å². The predicted octanol–water partition coefficient (Wildman–Crippen LogP) is 1.60. The Balaban J connectivity index is 2.39. The van der Waals surface area contributed by atoms with Crippen LogP contribution in [0.5, 0.6) is 0 Å². The molecule has 0 atom stereocenters. The van der Waals surface area contributed by atoms with Crippen molar-refractivity contribution < 1.29 is 5.21 Å². The van der Waals surface area contributed by atoms with Gasteiger partial charge in [0, 0.05) is 12.1 Å². The monoisotopic (exact) mass is 278 g/mol. The van der Waals surface area contributed by atoms with E-state index in [-0.39, 0.29) is 5.84 Å². The van der Waals surface area contributed by atoms with Crippen LogP contribution in [0.15, 0.2) is 29.4 Å². The lowest BCUT2D eigenvalue weighted by Gasteiger charge is -2.17. The molecule has 0 aliphatic heterocycles. The van der Waals surface area contributed by atoms with Crippen molar-refractivity contribution in [1.29, 1.82) is 0 Å². The van der Waals surface area contributed by atoms with Crippen molar-refractivity contribution in [3.63, 3.8) is 0 Å². The smallest absolute Gasteiger partial charge is 0.170 e. The summed E-state index contributed by atoms with van der Waals surface area (Å²) in [5, 5.41) is 15.2. The zero-order valence-corrected chi connectivity index (χ0v) is 12.5. The van der Waals surface area contributed by atoms with Crippen LogP contribution in [0.1, 0.15) is 31.4 Å². The standard InChI is InChI=1S/C15H26N4O/c1-3-19(4-2)11-7-10-17-12-13-8-5-6-9-14(13)15(16)18-20/h5-6,8-9,17,20H,3-4,7,10-12H2,1-2H3,(H2,16,18). The van der Waals surface area contributed by atoms with Crippen LogP contribution in [0.4, 0.5) is 0 Å². The molecule has 0 fully saturated rings. The quantitative estimate of drug-likeness (QED) is 0.211. The maximum atomic E-state index is 8.77. The molecule has 0 aliphatic carbocycles. The Labute approximate surface area is 121 Å². The van der Waals surface area contributed by atoms with Gasteiger partial charge in [-0.25, -0.2) is 0 Å². The zero-order chi connectivity index (χ0) is 14.8. The highest BCUT2D eigenvalue weighted by molar-refractivity contribution is 5.98. The molecule has 0 spiro atoms. The van der Waals surface area contributed by atoms with Crippen LogP contribution < -0.4 is 11.1 Å². The average Bonchev–Trinajstić information content (AvgIpc) is 2.50. The lowest BCUT2D eigenvalue weighted by molar-refractivity contribution is 0.298. The van der Waals surface area contributed by atoms with Crippen LogP contribution in [0, 0.1) is 0 Å². The Bertz CT molecular complexity index is 416. The highest BCUT2D eigenvalue weighted by Crippen LogP contribution is 2.08. The van der Waals surface area contributed by atoms with E-state index in [1.54, 1.807) is 0 Å². The Morgan fingerprint density at radius 2 is 2.00 bits per heavy atom. The molecular formula is C15H26N4O. The fourth-order valence-electron chi connectivity index (χ4n) is 2.17. The van der Waals surface area contributed by atoms with Crippen molar-refractivity contribution in [3.05, 3.63) is 35.4 Å². The molecule has 4 N–H and O–H groups in total. The molecule has 0 bridgehead atoms. The van der Waals surface area contributed by atoms with Crippen LogP contribution in [0.3, 0.4) is 0 Å². The first-order valence-electron chi connectivity index (χ1n) is 7.21. The van der Waals surface area contributed by atoms with Gasteiger partial charge >= 0.3 is 0 Å². The van der Waals surface area contributed by atoms with E-state index in [1.165, 1.54) is 0 Å². The third-order valence-electron chi connectivity index (χ3n) is 3.44. The molecule has 0 aliphatic rings. The average molecular weight is 278 g/mol. The first kappa shape index (κ1) is 16.5. The number of hydrogen-bond acceptors (Lipinski definition) is 4. The van der Waals surface area contributed by atoms with Gasteiger partial charge in [0.1, 0.15) is 0 Å². The zero-order valence-electron chi connectivity index (χ0n) is 12.5. The largest absolute Gasteiger partial charge is 0.409 e. The second-order valence-corrected chi connectivity index (χ2v) is 4.70. The van der Waals surface area contributed by atoms with Gasteiger partial charge in [-0.3, -0.25) is 0 Å². The van der Waals surface area contributed by atoms with E-state index in [0.29, 0.717) is 0 Å². The first-order valence-corrected chi connectivity index (χ1v) is 7.21. The predicted molar refractivity (Wildman–Crippen MR) is 83.1 cm³/mol. The van der Waals surface area contributed by atoms with Crippen LogP contribution in [-0.4, -0.2) is 42.1 Å². The number of nitrogens with one attached hydrogen (secondary N) is 1. The Hall–Kier alpha value is -1.59. The maximum Gasteiger partial charge on any atom is 0.170 e. The number of oxime groups is 1. The van der Waals surface area contributed by atoms with E-state index < -0.39 is 0 Å². The van der Waals surface area contributed by atoms with E-state index in [2.05, 4.69) is 29.2 Å². The summed E-state index contributed by atoms with van der Waals surface area (Å²) in [5.74, 6) is 0.158. The van der Waals surface area contributed by atoms with Gasteiger partial charge in [-0.2, -0.15) is 0 Å². The van der Waals surface area contributed by atoms with Crippen molar-refractivity contribution in [3.8, 4) is 0 Å². The summed E-state index contributed by atoms with van der Waals surface area (Å²) in [4.78, 5) is 2.41. The molecule has 20 heavy (non-hydrogen) atoms. The van der Waals surface area contributed by atoms with E-state index in [4.69, 9.17) is 10.9 Å². The van der Waals surface area contributed by atoms with Crippen molar-refractivity contribution in [1.82, 2.24) is 10.2 Å². The topological polar surface area (TPSA) is 73.9 Å². The molecule has 1 aromatic carbocycles. The summed E-state index contributed by atoms with van der Waals surface area (Å²) >= 11 is 0. The summed E-state index contributed by atoms with van der Waals surface area (Å²) < 4.78 is 0. The first-order chi connectivity index (χ1) is 9.72. The van der Waals surface area contributed by atoms with Gasteiger partial charge in [0.05, 0.1) is 0 Å². The lowest BCUT2D eigenvalue weighted by Crippen LogP contribution is -2.27. The highest BCUT2D eigenvalue weighted by Gasteiger charge is 2.05. The molecule has 0 saturated heterocycles. The number of nitrogens with zero attached hydrogens (tertiary/aromatic N) is 2. The minimum atomic E-state index is 0.158. The molecule has 5 heteroatoms. The second kappa shape index (κ2) is 9.34. The number of hydrogen-bond donors (Lipinski definition) is 3. The summed E-state index contributed by atoms with van der Waals surface area (Å²) in [6.07, 6.45) is 1.12. The third kappa shape index (κ3) is 5.19. The lowest BCUT2D eigenvalue weighted by atomic mass is 10.1. The summed E-state index contributed by atoms with van der Waals surface area (Å²) in [6, 6.07) is 7.70. The number of benzene rings is 1.